The normalized spacial score (nSPS) is 21.5. The molecule has 0 radical (unpaired) electrons. The Labute approximate surface area is 140 Å². The van der Waals surface area contributed by atoms with Crippen molar-refractivity contribution < 1.29 is 0 Å². The average molecular weight is 308 g/mol. The maximum atomic E-state index is 2.50. The van der Waals surface area contributed by atoms with Gasteiger partial charge in [0.1, 0.15) is 0 Å². The molecule has 0 aliphatic heterocycles. The van der Waals surface area contributed by atoms with Gasteiger partial charge in [-0.05, 0) is 50.4 Å². The highest BCUT2D eigenvalue weighted by molar-refractivity contribution is 5.24. The van der Waals surface area contributed by atoms with E-state index in [0.29, 0.717) is 0 Å². The summed E-state index contributed by atoms with van der Waals surface area (Å²) in [5.74, 6) is 2.78. The lowest BCUT2D eigenvalue weighted by molar-refractivity contribution is 0.243. The molecule has 2 rings (SSSR count). The third kappa shape index (κ3) is 7.13. The Morgan fingerprint density at radius 3 is 2.14 bits per heavy atom. The molecule has 2 aliphatic carbocycles. The van der Waals surface area contributed by atoms with Crippen LogP contribution >= 0.6 is 0 Å². The minimum Gasteiger partial charge on any atom is -0.344 e. The Kier molecular flexibility index (Phi) is 11.6. The highest BCUT2D eigenvalue weighted by Gasteiger charge is 2.21. The Balaban J connectivity index is 0.00000141. The highest BCUT2D eigenvalue weighted by atomic mass is 14.3. The summed E-state index contributed by atoms with van der Waals surface area (Å²) in [7, 11) is 0. The van der Waals surface area contributed by atoms with E-state index in [9.17, 15) is 0 Å². The molecule has 0 saturated heterocycles. The minimum atomic E-state index is 0. The first-order chi connectivity index (χ1) is 10.2. The first-order valence-electron chi connectivity index (χ1n) is 9.53. The lowest BCUT2D eigenvalue weighted by atomic mass is 9.77. The highest BCUT2D eigenvalue weighted by Crippen LogP contribution is 2.34. The third-order valence-corrected chi connectivity index (χ3v) is 5.53. The summed E-state index contributed by atoms with van der Waals surface area (Å²) in [5.41, 5.74) is 3.24. The van der Waals surface area contributed by atoms with Crippen LogP contribution in [-0.4, -0.2) is 0 Å². The molecule has 1 nitrogen and oxygen atoms in total. The standard InChI is InChI=1S/C19H32.C2H6.H3N/c1-15-9-13-19(14-10-15)17(3)12-11-16(2)18-7-5-4-6-8-18;1-2;/h9,13,16-18H,4-8,10-12,14H2,1-3H3;1-2H3;1H3. The fourth-order valence-corrected chi connectivity index (χ4v) is 3.81. The SMILES string of the molecule is CC.CC1=CC=C(C(C)CCC(C)C2CCCCC2)CC1.N. The molecule has 2 atom stereocenters. The van der Waals surface area contributed by atoms with Crippen LogP contribution in [0.2, 0.25) is 0 Å². The smallest absolute Gasteiger partial charge is 0.0228 e. The summed E-state index contributed by atoms with van der Waals surface area (Å²) in [5, 5.41) is 0. The zero-order valence-corrected chi connectivity index (χ0v) is 16.0. The maximum Gasteiger partial charge on any atom is -0.0228 e. The van der Waals surface area contributed by atoms with Crippen LogP contribution in [0.25, 0.3) is 0 Å². The summed E-state index contributed by atoms with van der Waals surface area (Å²) < 4.78 is 0. The van der Waals surface area contributed by atoms with Crippen molar-refractivity contribution in [2.75, 3.05) is 0 Å². The third-order valence-electron chi connectivity index (χ3n) is 5.53. The van der Waals surface area contributed by atoms with E-state index < -0.39 is 0 Å². The molecule has 0 amide bonds. The van der Waals surface area contributed by atoms with Crippen molar-refractivity contribution >= 4 is 0 Å². The molecule has 1 saturated carbocycles. The molecule has 0 spiro atoms. The Morgan fingerprint density at radius 2 is 1.59 bits per heavy atom. The van der Waals surface area contributed by atoms with Gasteiger partial charge >= 0.3 is 0 Å². The van der Waals surface area contributed by atoms with Crippen LogP contribution in [0.4, 0.5) is 0 Å². The van der Waals surface area contributed by atoms with Crippen molar-refractivity contribution in [3.8, 4) is 0 Å². The van der Waals surface area contributed by atoms with Crippen LogP contribution < -0.4 is 6.15 Å². The van der Waals surface area contributed by atoms with Gasteiger partial charge in [-0.1, -0.05) is 83.1 Å². The van der Waals surface area contributed by atoms with Crippen molar-refractivity contribution in [2.45, 2.75) is 92.4 Å². The van der Waals surface area contributed by atoms with Gasteiger partial charge in [0.15, 0.2) is 0 Å². The number of rotatable bonds is 5. The van der Waals surface area contributed by atoms with Crippen LogP contribution in [0.5, 0.6) is 0 Å². The molecule has 0 aromatic heterocycles. The predicted octanol–water partition coefficient (Wildman–Crippen LogP) is 7.47. The Hall–Kier alpha value is -0.560. The van der Waals surface area contributed by atoms with Gasteiger partial charge in [0.25, 0.3) is 0 Å². The number of hydrogen-bond acceptors (Lipinski definition) is 1. The van der Waals surface area contributed by atoms with Crippen LogP contribution in [0.1, 0.15) is 92.4 Å². The van der Waals surface area contributed by atoms with E-state index in [1.165, 1.54) is 57.8 Å². The number of allylic oxidation sites excluding steroid dienone is 4. The lowest BCUT2D eigenvalue weighted by Gasteiger charge is -2.29. The second kappa shape index (κ2) is 11.9. The molecular formula is C21H41N. The van der Waals surface area contributed by atoms with Gasteiger partial charge in [-0.2, -0.15) is 0 Å². The molecule has 2 unspecified atom stereocenters. The van der Waals surface area contributed by atoms with Gasteiger partial charge < -0.3 is 6.15 Å². The van der Waals surface area contributed by atoms with E-state index in [1.54, 1.807) is 11.1 Å². The summed E-state index contributed by atoms with van der Waals surface area (Å²) in [6.07, 6.45) is 17.6. The first kappa shape index (κ1) is 21.4. The van der Waals surface area contributed by atoms with Crippen molar-refractivity contribution in [1.29, 1.82) is 0 Å². The van der Waals surface area contributed by atoms with Crippen molar-refractivity contribution in [3.63, 3.8) is 0 Å². The van der Waals surface area contributed by atoms with Crippen molar-refractivity contribution in [2.24, 2.45) is 17.8 Å². The van der Waals surface area contributed by atoms with Crippen molar-refractivity contribution in [3.05, 3.63) is 23.3 Å². The molecule has 0 bridgehead atoms. The fraction of sp³-hybridized carbons (Fsp3) is 0.810. The largest absolute Gasteiger partial charge is 0.344 e. The van der Waals surface area contributed by atoms with Crippen LogP contribution in [-0.2, 0) is 0 Å². The van der Waals surface area contributed by atoms with E-state index in [2.05, 4.69) is 32.9 Å². The first-order valence-corrected chi connectivity index (χ1v) is 9.53. The van der Waals surface area contributed by atoms with E-state index >= 15 is 0 Å². The zero-order valence-electron chi connectivity index (χ0n) is 16.0. The van der Waals surface area contributed by atoms with Crippen LogP contribution in [0, 0.1) is 17.8 Å². The zero-order chi connectivity index (χ0) is 15.7. The average Bonchev–Trinajstić information content (AvgIpc) is 2.55. The molecule has 22 heavy (non-hydrogen) atoms. The predicted molar refractivity (Wildman–Crippen MR) is 102 cm³/mol. The van der Waals surface area contributed by atoms with E-state index in [4.69, 9.17) is 0 Å². The summed E-state index contributed by atoms with van der Waals surface area (Å²) in [4.78, 5) is 0. The van der Waals surface area contributed by atoms with Gasteiger partial charge in [0.05, 0.1) is 0 Å². The topological polar surface area (TPSA) is 35.0 Å². The molecule has 0 aromatic rings. The molecule has 0 heterocycles. The van der Waals surface area contributed by atoms with Crippen LogP contribution in [0.3, 0.4) is 0 Å². The molecule has 3 N–H and O–H groups in total. The van der Waals surface area contributed by atoms with Gasteiger partial charge in [0, 0.05) is 0 Å². The van der Waals surface area contributed by atoms with Gasteiger partial charge in [-0.25, -0.2) is 0 Å². The van der Waals surface area contributed by atoms with Crippen LogP contribution in [0.15, 0.2) is 23.3 Å². The molecular weight excluding hydrogens is 266 g/mol. The van der Waals surface area contributed by atoms with Gasteiger partial charge in [-0.15, -0.1) is 0 Å². The molecule has 1 heteroatoms. The van der Waals surface area contributed by atoms with Crippen molar-refractivity contribution in [1.82, 2.24) is 6.15 Å². The molecule has 0 aromatic carbocycles. The van der Waals surface area contributed by atoms with E-state index in [-0.39, 0.29) is 6.15 Å². The minimum absolute atomic E-state index is 0. The second-order valence-corrected chi connectivity index (χ2v) is 7.11. The number of hydrogen-bond donors (Lipinski definition) is 1. The monoisotopic (exact) mass is 307 g/mol. The fourth-order valence-electron chi connectivity index (χ4n) is 3.81. The van der Waals surface area contributed by atoms with Gasteiger partial charge in [0.2, 0.25) is 0 Å². The molecule has 130 valence electrons. The Morgan fingerprint density at radius 1 is 0.955 bits per heavy atom. The lowest BCUT2D eigenvalue weighted by Crippen LogP contribution is -2.16. The summed E-state index contributed by atoms with van der Waals surface area (Å²) in [6.45, 7) is 11.2. The van der Waals surface area contributed by atoms with E-state index in [1.807, 2.05) is 13.8 Å². The maximum absolute atomic E-state index is 2.50. The Bertz CT molecular complexity index is 334. The summed E-state index contributed by atoms with van der Waals surface area (Å²) >= 11 is 0. The quantitative estimate of drug-likeness (QED) is 0.561. The second-order valence-electron chi connectivity index (χ2n) is 7.11. The van der Waals surface area contributed by atoms with E-state index in [0.717, 1.165) is 17.8 Å². The van der Waals surface area contributed by atoms with Gasteiger partial charge in [-0.3, -0.25) is 0 Å². The molecule has 1 fully saturated rings. The summed E-state index contributed by atoms with van der Waals surface area (Å²) in [6, 6.07) is 0. The molecule has 2 aliphatic rings.